The standard InChI is InChI=1S/C13H23NO4/c1-5-7(2)10(13(16)17)14-12(15)11-8(3)6-9(4)18-11/h7-11H,5-6H2,1-4H3,(H,14,15)(H,16,17)/t7-,8?,9?,10-,11?/m0/s1. The van der Waals surface area contributed by atoms with E-state index in [0.29, 0.717) is 6.42 Å². The molecule has 18 heavy (non-hydrogen) atoms. The van der Waals surface area contributed by atoms with Gasteiger partial charge >= 0.3 is 5.97 Å². The van der Waals surface area contributed by atoms with E-state index < -0.39 is 18.1 Å². The molecule has 0 bridgehead atoms. The van der Waals surface area contributed by atoms with Gasteiger partial charge in [-0.15, -0.1) is 0 Å². The third kappa shape index (κ3) is 3.45. The lowest BCUT2D eigenvalue weighted by atomic mass is 9.97. The fourth-order valence-electron chi connectivity index (χ4n) is 2.33. The number of hydrogen-bond donors (Lipinski definition) is 2. The molecule has 104 valence electrons. The van der Waals surface area contributed by atoms with Gasteiger partial charge in [-0.2, -0.15) is 0 Å². The van der Waals surface area contributed by atoms with Crippen molar-refractivity contribution in [3.63, 3.8) is 0 Å². The summed E-state index contributed by atoms with van der Waals surface area (Å²) in [6, 6.07) is -0.839. The molecule has 1 heterocycles. The van der Waals surface area contributed by atoms with Crippen LogP contribution >= 0.6 is 0 Å². The monoisotopic (exact) mass is 257 g/mol. The Morgan fingerprint density at radius 1 is 1.44 bits per heavy atom. The summed E-state index contributed by atoms with van der Waals surface area (Å²) in [5.74, 6) is -1.26. The lowest BCUT2D eigenvalue weighted by Gasteiger charge is -2.23. The smallest absolute Gasteiger partial charge is 0.326 e. The van der Waals surface area contributed by atoms with Gasteiger partial charge in [0.1, 0.15) is 12.1 Å². The molecule has 5 heteroatoms. The maximum atomic E-state index is 12.0. The Bertz CT molecular complexity index is 318. The molecule has 1 aliphatic rings. The molecule has 1 aliphatic heterocycles. The fraction of sp³-hybridized carbons (Fsp3) is 0.846. The summed E-state index contributed by atoms with van der Waals surface area (Å²) in [6.07, 6.45) is 1.07. The van der Waals surface area contributed by atoms with Crippen LogP contribution in [0.3, 0.4) is 0 Å². The summed E-state index contributed by atoms with van der Waals surface area (Å²) >= 11 is 0. The lowest BCUT2D eigenvalue weighted by molar-refractivity contribution is -0.146. The van der Waals surface area contributed by atoms with Gasteiger partial charge < -0.3 is 15.2 Å². The highest BCUT2D eigenvalue weighted by Crippen LogP contribution is 2.26. The van der Waals surface area contributed by atoms with Crippen LogP contribution in [-0.2, 0) is 14.3 Å². The van der Waals surface area contributed by atoms with E-state index in [4.69, 9.17) is 9.84 Å². The van der Waals surface area contributed by atoms with Gasteiger partial charge in [-0.25, -0.2) is 4.79 Å². The predicted octanol–water partition coefficient (Wildman–Crippen LogP) is 1.42. The largest absolute Gasteiger partial charge is 0.480 e. The van der Waals surface area contributed by atoms with Crippen molar-refractivity contribution in [1.82, 2.24) is 5.32 Å². The molecule has 2 N–H and O–H groups in total. The van der Waals surface area contributed by atoms with Crippen molar-refractivity contribution in [3.05, 3.63) is 0 Å². The molecular weight excluding hydrogens is 234 g/mol. The zero-order valence-electron chi connectivity index (χ0n) is 11.5. The number of hydrogen-bond acceptors (Lipinski definition) is 3. The maximum absolute atomic E-state index is 12.0. The summed E-state index contributed by atoms with van der Waals surface area (Å²) in [5, 5.41) is 11.7. The van der Waals surface area contributed by atoms with E-state index in [1.54, 1.807) is 0 Å². The van der Waals surface area contributed by atoms with Crippen LogP contribution in [0.25, 0.3) is 0 Å². The summed E-state index contributed by atoms with van der Waals surface area (Å²) in [4.78, 5) is 23.2. The lowest BCUT2D eigenvalue weighted by Crippen LogP contribution is -2.49. The van der Waals surface area contributed by atoms with E-state index in [0.717, 1.165) is 6.42 Å². The van der Waals surface area contributed by atoms with Crippen molar-refractivity contribution < 1.29 is 19.4 Å². The van der Waals surface area contributed by atoms with Gasteiger partial charge in [0.15, 0.2) is 0 Å². The first-order valence-electron chi connectivity index (χ1n) is 6.55. The molecular formula is C13H23NO4. The normalized spacial score (nSPS) is 30.8. The van der Waals surface area contributed by atoms with Crippen LogP contribution in [0.4, 0.5) is 0 Å². The van der Waals surface area contributed by atoms with E-state index >= 15 is 0 Å². The Kier molecular flexibility index (Phi) is 5.14. The minimum atomic E-state index is -0.989. The van der Waals surface area contributed by atoms with Gasteiger partial charge in [0.25, 0.3) is 0 Å². The molecule has 0 saturated carbocycles. The van der Waals surface area contributed by atoms with Crippen molar-refractivity contribution >= 4 is 11.9 Å². The third-order valence-electron chi connectivity index (χ3n) is 3.63. The highest BCUT2D eigenvalue weighted by molar-refractivity contribution is 5.86. The summed E-state index contributed by atoms with van der Waals surface area (Å²) in [7, 11) is 0. The molecule has 0 aromatic carbocycles. The van der Waals surface area contributed by atoms with Crippen molar-refractivity contribution in [2.75, 3.05) is 0 Å². The average Bonchev–Trinajstić information content (AvgIpc) is 2.63. The van der Waals surface area contributed by atoms with Gasteiger partial charge in [0.2, 0.25) is 5.91 Å². The SMILES string of the molecule is CC[C@H](C)[C@H](NC(=O)C1OC(C)CC1C)C(=O)O. The van der Waals surface area contributed by atoms with E-state index in [2.05, 4.69) is 5.32 Å². The van der Waals surface area contributed by atoms with E-state index in [-0.39, 0.29) is 23.8 Å². The van der Waals surface area contributed by atoms with Crippen LogP contribution in [0.1, 0.15) is 40.5 Å². The summed E-state index contributed by atoms with van der Waals surface area (Å²) < 4.78 is 5.52. The second-order valence-electron chi connectivity index (χ2n) is 5.29. The molecule has 0 aromatic heterocycles. The first kappa shape index (κ1) is 15.0. The number of rotatable bonds is 5. The van der Waals surface area contributed by atoms with Gasteiger partial charge in [0.05, 0.1) is 6.10 Å². The minimum absolute atomic E-state index is 0.0580. The Hall–Kier alpha value is -1.10. The molecule has 0 radical (unpaired) electrons. The number of carboxylic acids is 1. The molecule has 1 fully saturated rings. The quantitative estimate of drug-likeness (QED) is 0.781. The number of carbonyl (C=O) groups excluding carboxylic acids is 1. The number of carbonyl (C=O) groups is 2. The topological polar surface area (TPSA) is 75.6 Å². The number of amides is 1. The van der Waals surface area contributed by atoms with Crippen molar-refractivity contribution in [3.8, 4) is 0 Å². The van der Waals surface area contributed by atoms with Crippen LogP contribution in [-0.4, -0.2) is 35.2 Å². The number of nitrogens with one attached hydrogen (secondary N) is 1. The molecule has 1 saturated heterocycles. The first-order chi connectivity index (χ1) is 8.36. The minimum Gasteiger partial charge on any atom is -0.480 e. The van der Waals surface area contributed by atoms with Gasteiger partial charge in [-0.05, 0) is 25.2 Å². The molecule has 1 rings (SSSR count). The molecule has 0 aromatic rings. The highest BCUT2D eigenvalue weighted by Gasteiger charge is 2.37. The predicted molar refractivity (Wildman–Crippen MR) is 67.1 cm³/mol. The van der Waals surface area contributed by atoms with Gasteiger partial charge in [-0.3, -0.25) is 4.79 Å². The fourth-order valence-corrected chi connectivity index (χ4v) is 2.33. The zero-order chi connectivity index (χ0) is 13.9. The third-order valence-corrected chi connectivity index (χ3v) is 3.63. The molecule has 5 nitrogen and oxygen atoms in total. The average molecular weight is 257 g/mol. The molecule has 0 aliphatic carbocycles. The number of aliphatic carboxylic acids is 1. The Morgan fingerprint density at radius 3 is 2.44 bits per heavy atom. The van der Waals surface area contributed by atoms with E-state index in [1.165, 1.54) is 0 Å². The molecule has 3 unspecified atom stereocenters. The van der Waals surface area contributed by atoms with Crippen molar-refractivity contribution in [2.24, 2.45) is 11.8 Å². The van der Waals surface area contributed by atoms with Crippen LogP contribution < -0.4 is 5.32 Å². The number of ether oxygens (including phenoxy) is 1. The highest BCUT2D eigenvalue weighted by atomic mass is 16.5. The Labute approximate surface area is 108 Å². The summed E-state index contributed by atoms with van der Waals surface area (Å²) in [5.41, 5.74) is 0. The number of carboxylic acid groups (broad SMARTS) is 1. The summed E-state index contributed by atoms with van der Waals surface area (Å²) in [6.45, 7) is 7.60. The second-order valence-corrected chi connectivity index (χ2v) is 5.29. The Morgan fingerprint density at radius 2 is 2.06 bits per heavy atom. The van der Waals surface area contributed by atoms with Crippen LogP contribution in [0.5, 0.6) is 0 Å². The first-order valence-corrected chi connectivity index (χ1v) is 6.55. The second kappa shape index (κ2) is 6.18. The Balaban J connectivity index is 2.64. The van der Waals surface area contributed by atoms with Gasteiger partial charge in [-0.1, -0.05) is 27.2 Å². The zero-order valence-corrected chi connectivity index (χ0v) is 11.5. The van der Waals surface area contributed by atoms with Crippen molar-refractivity contribution in [1.29, 1.82) is 0 Å². The van der Waals surface area contributed by atoms with E-state index in [1.807, 2.05) is 27.7 Å². The van der Waals surface area contributed by atoms with Crippen molar-refractivity contribution in [2.45, 2.75) is 58.8 Å². The molecule has 1 amide bonds. The van der Waals surface area contributed by atoms with Crippen LogP contribution in [0.2, 0.25) is 0 Å². The van der Waals surface area contributed by atoms with Crippen LogP contribution in [0, 0.1) is 11.8 Å². The van der Waals surface area contributed by atoms with E-state index in [9.17, 15) is 9.59 Å². The molecule has 5 atom stereocenters. The maximum Gasteiger partial charge on any atom is 0.326 e. The van der Waals surface area contributed by atoms with Crippen LogP contribution in [0.15, 0.2) is 0 Å². The van der Waals surface area contributed by atoms with Gasteiger partial charge in [0, 0.05) is 0 Å². The molecule has 0 spiro atoms.